The maximum Gasteiger partial charge on any atom is 0.191 e. The van der Waals surface area contributed by atoms with Crippen molar-refractivity contribution in [3.63, 3.8) is 0 Å². The number of likely N-dealkylation sites (tertiary alicyclic amines) is 1. The van der Waals surface area contributed by atoms with Crippen LogP contribution >= 0.6 is 24.0 Å². The van der Waals surface area contributed by atoms with Gasteiger partial charge < -0.3 is 15.5 Å². The molecule has 1 aliphatic heterocycles. The van der Waals surface area contributed by atoms with Crippen molar-refractivity contribution in [3.05, 3.63) is 17.0 Å². The fourth-order valence-corrected chi connectivity index (χ4v) is 3.51. The maximum atomic E-state index is 4.75. The Hall–Kier alpha value is -0.830. The zero-order chi connectivity index (χ0) is 18.2. The minimum Gasteiger partial charge on any atom is -0.357 e. The van der Waals surface area contributed by atoms with E-state index < -0.39 is 0 Å². The van der Waals surface area contributed by atoms with Gasteiger partial charge in [0.05, 0.1) is 5.69 Å². The Kier molecular flexibility index (Phi) is 10.5. The van der Waals surface area contributed by atoms with Crippen LogP contribution < -0.4 is 10.6 Å². The molecule has 6 nitrogen and oxygen atoms in total. The highest BCUT2D eigenvalue weighted by atomic mass is 127. The molecule has 1 saturated heterocycles. The molecule has 7 heteroatoms. The molecule has 2 N–H and O–H groups in total. The lowest BCUT2D eigenvalue weighted by atomic mass is 10.1. The van der Waals surface area contributed by atoms with E-state index >= 15 is 0 Å². The van der Waals surface area contributed by atoms with Crippen LogP contribution in [0.5, 0.6) is 0 Å². The Morgan fingerprint density at radius 3 is 2.54 bits per heavy atom. The van der Waals surface area contributed by atoms with E-state index in [1.807, 2.05) is 11.7 Å². The Labute approximate surface area is 176 Å². The first-order valence-electron chi connectivity index (χ1n) is 9.77. The number of aryl methyl sites for hydroxylation is 2. The van der Waals surface area contributed by atoms with Crippen molar-refractivity contribution in [2.75, 3.05) is 32.7 Å². The summed E-state index contributed by atoms with van der Waals surface area (Å²) < 4.78 is 1.97. The normalized spacial score (nSPS) is 16.4. The lowest BCUT2D eigenvalue weighted by molar-refractivity contribution is 0.336. The zero-order valence-electron chi connectivity index (χ0n) is 17.1. The smallest absolute Gasteiger partial charge is 0.191 e. The molecule has 2 heterocycles. The molecule has 0 aliphatic carbocycles. The van der Waals surface area contributed by atoms with Gasteiger partial charge in [-0.2, -0.15) is 5.10 Å². The Balaban J connectivity index is 0.00000338. The van der Waals surface area contributed by atoms with Gasteiger partial charge in [-0.25, -0.2) is 0 Å². The van der Waals surface area contributed by atoms with Gasteiger partial charge in [-0.1, -0.05) is 0 Å². The summed E-state index contributed by atoms with van der Waals surface area (Å²) in [6, 6.07) is 0.318. The number of nitrogens with zero attached hydrogens (tertiary/aromatic N) is 4. The molecule has 1 aromatic rings. The minimum atomic E-state index is 0. The van der Waals surface area contributed by atoms with E-state index in [0.717, 1.165) is 37.6 Å². The van der Waals surface area contributed by atoms with Crippen LogP contribution in [0.15, 0.2) is 4.99 Å². The van der Waals surface area contributed by atoms with Gasteiger partial charge in [-0.15, -0.1) is 24.0 Å². The molecule has 0 radical (unpaired) electrons. The third-order valence-electron chi connectivity index (χ3n) is 5.00. The molecule has 0 aromatic carbocycles. The second kappa shape index (κ2) is 11.8. The average molecular weight is 476 g/mol. The SMILES string of the molecule is CCNC(=NCCCN1CCCC1)NC(C)Cc1c(C)nn(C)c1C.I. The number of guanidine groups is 1. The van der Waals surface area contributed by atoms with E-state index in [9.17, 15) is 0 Å². The van der Waals surface area contributed by atoms with Gasteiger partial charge in [0.15, 0.2) is 5.96 Å². The van der Waals surface area contributed by atoms with Crippen molar-refractivity contribution in [1.82, 2.24) is 25.3 Å². The second-order valence-electron chi connectivity index (χ2n) is 7.19. The second-order valence-corrected chi connectivity index (χ2v) is 7.19. The summed E-state index contributed by atoms with van der Waals surface area (Å²) in [5.74, 6) is 0.926. The van der Waals surface area contributed by atoms with E-state index in [1.54, 1.807) is 0 Å². The summed E-state index contributed by atoms with van der Waals surface area (Å²) in [6.45, 7) is 14.0. The van der Waals surface area contributed by atoms with Crippen LogP contribution in [0.1, 0.15) is 50.1 Å². The molecule has 1 aliphatic rings. The summed E-state index contributed by atoms with van der Waals surface area (Å²) in [5, 5.41) is 11.4. The fraction of sp³-hybridized carbons (Fsp3) is 0.789. The Bertz CT molecular complexity index is 563. The zero-order valence-corrected chi connectivity index (χ0v) is 19.5. The van der Waals surface area contributed by atoms with Gasteiger partial charge in [-0.05, 0) is 78.6 Å². The van der Waals surface area contributed by atoms with Crippen LogP contribution in [0.4, 0.5) is 0 Å². The van der Waals surface area contributed by atoms with Crippen molar-refractivity contribution >= 4 is 29.9 Å². The van der Waals surface area contributed by atoms with Crippen LogP contribution in [0.2, 0.25) is 0 Å². The molecule has 1 aromatic heterocycles. The van der Waals surface area contributed by atoms with Gasteiger partial charge in [0, 0.05) is 31.9 Å². The largest absolute Gasteiger partial charge is 0.357 e. The van der Waals surface area contributed by atoms with Crippen molar-refractivity contribution < 1.29 is 0 Å². The molecule has 2 rings (SSSR count). The van der Waals surface area contributed by atoms with Crippen LogP contribution in [0.3, 0.4) is 0 Å². The molecular formula is C19H37IN6. The van der Waals surface area contributed by atoms with Gasteiger partial charge in [0.25, 0.3) is 0 Å². The molecule has 26 heavy (non-hydrogen) atoms. The molecule has 1 unspecified atom stereocenters. The summed E-state index contributed by atoms with van der Waals surface area (Å²) in [5.41, 5.74) is 3.72. The minimum absolute atomic E-state index is 0. The molecule has 1 fully saturated rings. The Morgan fingerprint density at radius 2 is 1.96 bits per heavy atom. The summed E-state index contributed by atoms with van der Waals surface area (Å²) in [7, 11) is 2.01. The average Bonchev–Trinajstić information content (AvgIpc) is 3.16. The first kappa shape index (κ1) is 23.2. The summed E-state index contributed by atoms with van der Waals surface area (Å²) in [4.78, 5) is 7.30. The van der Waals surface area contributed by atoms with Gasteiger partial charge in [0.2, 0.25) is 0 Å². The lowest BCUT2D eigenvalue weighted by Gasteiger charge is -2.18. The number of nitrogens with one attached hydrogen (secondary N) is 2. The first-order valence-corrected chi connectivity index (χ1v) is 9.77. The van der Waals surface area contributed by atoms with Crippen LogP contribution in [-0.2, 0) is 13.5 Å². The highest BCUT2D eigenvalue weighted by Gasteiger charge is 2.14. The summed E-state index contributed by atoms with van der Waals surface area (Å²) in [6.07, 6.45) is 4.81. The van der Waals surface area contributed by atoms with E-state index in [2.05, 4.69) is 48.3 Å². The van der Waals surface area contributed by atoms with Crippen LogP contribution in [0.25, 0.3) is 0 Å². The van der Waals surface area contributed by atoms with E-state index in [0.29, 0.717) is 6.04 Å². The van der Waals surface area contributed by atoms with E-state index in [-0.39, 0.29) is 24.0 Å². The highest BCUT2D eigenvalue weighted by molar-refractivity contribution is 14.0. The summed E-state index contributed by atoms with van der Waals surface area (Å²) >= 11 is 0. The maximum absolute atomic E-state index is 4.75. The number of halogens is 1. The molecule has 150 valence electrons. The number of hydrogen-bond donors (Lipinski definition) is 2. The van der Waals surface area contributed by atoms with Crippen molar-refractivity contribution in [2.24, 2.45) is 12.0 Å². The van der Waals surface area contributed by atoms with Crippen molar-refractivity contribution in [3.8, 4) is 0 Å². The molecule has 0 amide bonds. The first-order chi connectivity index (χ1) is 12.0. The van der Waals surface area contributed by atoms with Crippen LogP contribution in [-0.4, -0.2) is 59.4 Å². The quantitative estimate of drug-likeness (QED) is 0.262. The number of rotatable bonds is 8. The van der Waals surface area contributed by atoms with Crippen molar-refractivity contribution in [1.29, 1.82) is 0 Å². The van der Waals surface area contributed by atoms with Gasteiger partial charge in [-0.3, -0.25) is 9.67 Å². The standard InChI is InChI=1S/C19H36N6.HI/c1-6-20-19(21-10-9-13-25-11-7-8-12-25)22-15(2)14-18-16(3)23-24(5)17(18)4;/h15H,6-14H2,1-5H3,(H2,20,21,22);1H. The third-order valence-corrected chi connectivity index (χ3v) is 5.00. The van der Waals surface area contributed by atoms with Crippen molar-refractivity contribution in [2.45, 2.75) is 59.4 Å². The van der Waals surface area contributed by atoms with E-state index in [1.165, 1.54) is 43.7 Å². The predicted octanol–water partition coefficient (Wildman–Crippen LogP) is 2.63. The highest BCUT2D eigenvalue weighted by Crippen LogP contribution is 2.14. The number of aliphatic imine (C=N–C) groups is 1. The monoisotopic (exact) mass is 476 g/mol. The van der Waals surface area contributed by atoms with Gasteiger partial charge in [0.1, 0.15) is 0 Å². The van der Waals surface area contributed by atoms with Crippen LogP contribution in [0, 0.1) is 13.8 Å². The Morgan fingerprint density at radius 1 is 1.27 bits per heavy atom. The topological polar surface area (TPSA) is 57.5 Å². The molecule has 1 atom stereocenters. The fourth-order valence-electron chi connectivity index (χ4n) is 3.51. The number of hydrogen-bond acceptors (Lipinski definition) is 3. The predicted molar refractivity (Wildman–Crippen MR) is 121 cm³/mol. The lowest BCUT2D eigenvalue weighted by Crippen LogP contribution is -2.43. The molecule has 0 spiro atoms. The third kappa shape index (κ3) is 7.06. The van der Waals surface area contributed by atoms with E-state index in [4.69, 9.17) is 4.99 Å². The van der Waals surface area contributed by atoms with Gasteiger partial charge >= 0.3 is 0 Å². The molecule has 0 bridgehead atoms. The number of aromatic nitrogens is 2. The molecule has 0 saturated carbocycles. The molecular weight excluding hydrogens is 439 g/mol.